The number of amides is 1. The summed E-state index contributed by atoms with van der Waals surface area (Å²) in [7, 11) is 0. The number of rotatable bonds is 7. The zero-order valence-electron chi connectivity index (χ0n) is 17.6. The van der Waals surface area contributed by atoms with Crippen molar-refractivity contribution in [2.45, 2.75) is 27.0 Å². The molecule has 0 bridgehead atoms. The number of halogens is 2. The summed E-state index contributed by atoms with van der Waals surface area (Å²) in [4.78, 5) is 12.6. The van der Waals surface area contributed by atoms with Gasteiger partial charge in [-0.1, -0.05) is 53.6 Å². The maximum absolute atomic E-state index is 12.6. The first-order valence-corrected chi connectivity index (χ1v) is 11.1. The maximum atomic E-state index is 12.6. The molecule has 4 aromatic rings. The molecule has 0 spiro atoms. The van der Waals surface area contributed by atoms with Gasteiger partial charge >= 0.3 is 0 Å². The third kappa shape index (κ3) is 5.23. The van der Waals surface area contributed by atoms with Gasteiger partial charge in [-0.25, -0.2) is 0 Å². The molecular formula is C24H21BrClN3O3. The molecule has 32 heavy (non-hydrogen) atoms. The van der Waals surface area contributed by atoms with Crippen molar-refractivity contribution in [3.63, 3.8) is 0 Å². The Morgan fingerprint density at radius 3 is 2.69 bits per heavy atom. The van der Waals surface area contributed by atoms with E-state index in [9.17, 15) is 4.79 Å². The lowest BCUT2D eigenvalue weighted by Crippen LogP contribution is -2.12. The Labute approximate surface area is 199 Å². The highest BCUT2D eigenvalue weighted by molar-refractivity contribution is 9.10. The molecule has 164 valence electrons. The van der Waals surface area contributed by atoms with Crippen LogP contribution < -0.4 is 10.1 Å². The van der Waals surface area contributed by atoms with Crippen molar-refractivity contribution >= 4 is 39.3 Å². The number of hydrogen-bond donors (Lipinski definition) is 1. The van der Waals surface area contributed by atoms with E-state index in [4.69, 9.17) is 20.8 Å². The Balaban J connectivity index is 1.39. The molecule has 0 atom stereocenters. The van der Waals surface area contributed by atoms with Crippen LogP contribution in [-0.4, -0.2) is 15.7 Å². The van der Waals surface area contributed by atoms with Crippen molar-refractivity contribution in [3.05, 3.63) is 98.5 Å². The number of aryl methyl sites for hydroxylation is 2. The van der Waals surface area contributed by atoms with Crippen LogP contribution in [-0.2, 0) is 13.2 Å². The van der Waals surface area contributed by atoms with Crippen molar-refractivity contribution in [1.82, 2.24) is 9.78 Å². The number of nitrogens with one attached hydrogen (secondary N) is 1. The van der Waals surface area contributed by atoms with E-state index < -0.39 is 5.91 Å². The van der Waals surface area contributed by atoms with Gasteiger partial charge in [-0.2, -0.15) is 5.10 Å². The van der Waals surface area contributed by atoms with E-state index in [1.807, 2.05) is 32.2 Å². The van der Waals surface area contributed by atoms with Crippen molar-refractivity contribution in [1.29, 1.82) is 0 Å². The van der Waals surface area contributed by atoms with Gasteiger partial charge in [-0.15, -0.1) is 0 Å². The first kappa shape index (κ1) is 22.2. The molecule has 2 aromatic heterocycles. The van der Waals surface area contributed by atoms with Gasteiger partial charge in [0, 0.05) is 6.20 Å². The molecule has 0 aliphatic carbocycles. The molecule has 0 aliphatic rings. The monoisotopic (exact) mass is 513 g/mol. The van der Waals surface area contributed by atoms with Crippen LogP contribution in [0.2, 0.25) is 5.02 Å². The largest absolute Gasteiger partial charge is 0.484 e. The van der Waals surface area contributed by atoms with Gasteiger partial charge in [-0.3, -0.25) is 9.48 Å². The van der Waals surface area contributed by atoms with Crippen LogP contribution in [0, 0.1) is 13.8 Å². The summed E-state index contributed by atoms with van der Waals surface area (Å²) in [6.07, 6.45) is 1.82. The molecule has 4 rings (SSSR count). The number of anilines is 1. The van der Waals surface area contributed by atoms with Gasteiger partial charge in [0.1, 0.15) is 18.1 Å². The summed E-state index contributed by atoms with van der Waals surface area (Å²) in [5.41, 5.74) is 3.24. The highest BCUT2D eigenvalue weighted by Gasteiger charge is 2.16. The lowest BCUT2D eigenvalue weighted by Gasteiger charge is -2.09. The average Bonchev–Trinajstić information content (AvgIpc) is 3.36. The summed E-state index contributed by atoms with van der Waals surface area (Å²) < 4.78 is 13.9. The zero-order valence-corrected chi connectivity index (χ0v) is 19.9. The molecule has 0 radical (unpaired) electrons. The maximum Gasteiger partial charge on any atom is 0.292 e. The second-order valence-corrected chi connectivity index (χ2v) is 8.66. The third-order valence-corrected chi connectivity index (χ3v) is 5.70. The lowest BCUT2D eigenvalue weighted by atomic mass is 10.1. The molecule has 2 aromatic carbocycles. The number of aromatic nitrogens is 2. The number of para-hydroxylation sites is 1. The van der Waals surface area contributed by atoms with E-state index in [0.29, 0.717) is 33.4 Å². The summed E-state index contributed by atoms with van der Waals surface area (Å²) in [5.74, 6) is 1.30. The molecule has 0 aliphatic heterocycles. The normalized spacial score (nSPS) is 10.9. The predicted octanol–water partition coefficient (Wildman–Crippen LogP) is 6.39. The third-order valence-electron chi connectivity index (χ3n) is 4.82. The Kier molecular flexibility index (Phi) is 6.67. The van der Waals surface area contributed by atoms with E-state index in [2.05, 4.69) is 50.6 Å². The van der Waals surface area contributed by atoms with Crippen LogP contribution in [0.5, 0.6) is 5.75 Å². The second-order valence-electron chi connectivity index (χ2n) is 7.40. The standard InChI is InChI=1S/C24H21BrClN3O3/c1-15-6-8-17(9-7-15)12-29-13-19(25)23(28-29)27-24(30)21-11-10-18(32-21)14-31-22-16(2)4-3-5-20(22)26/h3-11,13H,12,14H2,1-2H3,(H,27,28,30). The van der Waals surface area contributed by atoms with Gasteiger partial charge in [0.2, 0.25) is 0 Å². The van der Waals surface area contributed by atoms with Crippen LogP contribution in [0.1, 0.15) is 33.0 Å². The van der Waals surface area contributed by atoms with Crippen LogP contribution in [0.3, 0.4) is 0 Å². The first-order valence-electron chi connectivity index (χ1n) is 9.95. The molecule has 1 N–H and O–H groups in total. The minimum absolute atomic E-state index is 0.159. The lowest BCUT2D eigenvalue weighted by molar-refractivity contribution is 0.0992. The van der Waals surface area contributed by atoms with Crippen LogP contribution in [0.4, 0.5) is 5.82 Å². The molecule has 0 saturated carbocycles. The summed E-state index contributed by atoms with van der Waals surface area (Å²) in [5, 5.41) is 7.75. The Morgan fingerprint density at radius 1 is 1.16 bits per heavy atom. The Bertz CT molecular complexity index is 1230. The minimum Gasteiger partial charge on any atom is -0.484 e. The Morgan fingerprint density at radius 2 is 1.94 bits per heavy atom. The smallest absolute Gasteiger partial charge is 0.292 e. The topological polar surface area (TPSA) is 69.3 Å². The van der Waals surface area contributed by atoms with Gasteiger partial charge in [0.15, 0.2) is 11.6 Å². The summed E-state index contributed by atoms with van der Waals surface area (Å²) in [6, 6.07) is 17.1. The fraction of sp³-hybridized carbons (Fsp3) is 0.167. The van der Waals surface area contributed by atoms with Gasteiger partial charge in [-0.05, 0) is 59.1 Å². The van der Waals surface area contributed by atoms with Crippen molar-refractivity contribution in [2.24, 2.45) is 0 Å². The van der Waals surface area contributed by atoms with Crippen molar-refractivity contribution in [2.75, 3.05) is 5.32 Å². The van der Waals surface area contributed by atoms with Gasteiger partial charge in [0.05, 0.1) is 16.0 Å². The quantitative estimate of drug-likeness (QED) is 0.310. The van der Waals surface area contributed by atoms with Crippen LogP contribution in [0.25, 0.3) is 0 Å². The van der Waals surface area contributed by atoms with Crippen LogP contribution >= 0.6 is 27.5 Å². The van der Waals surface area contributed by atoms with E-state index in [-0.39, 0.29) is 12.4 Å². The minimum atomic E-state index is -0.397. The predicted molar refractivity (Wildman–Crippen MR) is 127 cm³/mol. The second kappa shape index (κ2) is 9.63. The number of carbonyl (C=O) groups is 1. The van der Waals surface area contributed by atoms with E-state index in [0.717, 1.165) is 11.1 Å². The number of ether oxygens (including phenoxy) is 1. The SMILES string of the molecule is Cc1ccc(Cn2cc(Br)c(NC(=O)c3ccc(COc4c(C)cccc4Cl)o3)n2)cc1. The van der Waals surface area contributed by atoms with E-state index in [1.165, 1.54) is 5.56 Å². The molecule has 0 fully saturated rings. The number of nitrogens with zero attached hydrogens (tertiary/aromatic N) is 2. The van der Waals surface area contributed by atoms with E-state index in [1.54, 1.807) is 22.9 Å². The van der Waals surface area contributed by atoms with E-state index >= 15 is 0 Å². The van der Waals surface area contributed by atoms with Crippen molar-refractivity contribution < 1.29 is 13.9 Å². The first-order chi connectivity index (χ1) is 15.4. The summed E-state index contributed by atoms with van der Waals surface area (Å²) in [6.45, 7) is 4.72. The fourth-order valence-corrected chi connectivity index (χ4v) is 3.82. The van der Waals surface area contributed by atoms with Crippen LogP contribution in [0.15, 0.2) is 69.7 Å². The number of furan rings is 1. The average molecular weight is 515 g/mol. The molecular weight excluding hydrogens is 494 g/mol. The zero-order chi connectivity index (χ0) is 22.7. The molecule has 0 unspecified atom stereocenters. The highest BCUT2D eigenvalue weighted by Crippen LogP contribution is 2.29. The molecule has 1 amide bonds. The number of benzene rings is 2. The van der Waals surface area contributed by atoms with Gasteiger partial charge < -0.3 is 14.5 Å². The van der Waals surface area contributed by atoms with Gasteiger partial charge in [0.25, 0.3) is 5.91 Å². The fourth-order valence-electron chi connectivity index (χ4n) is 3.13. The number of carbonyl (C=O) groups excluding carboxylic acids is 1. The molecule has 8 heteroatoms. The molecule has 0 saturated heterocycles. The molecule has 6 nitrogen and oxygen atoms in total. The summed E-state index contributed by atoms with van der Waals surface area (Å²) >= 11 is 9.63. The van der Waals surface area contributed by atoms with Crippen molar-refractivity contribution in [3.8, 4) is 5.75 Å². The highest BCUT2D eigenvalue weighted by atomic mass is 79.9. The number of hydrogen-bond acceptors (Lipinski definition) is 4. The molecule has 2 heterocycles. The Hall–Kier alpha value is -3.03.